The molecule has 0 radical (unpaired) electrons. The fourth-order valence-corrected chi connectivity index (χ4v) is 6.56. The molecule has 0 N–H and O–H groups in total. The molecule has 0 saturated carbocycles. The molecule has 0 unspecified atom stereocenters. The highest BCUT2D eigenvalue weighted by atomic mass is 15.1. The molecule has 6 aromatic rings. The van der Waals surface area contributed by atoms with Crippen molar-refractivity contribution in [3.63, 3.8) is 0 Å². The Morgan fingerprint density at radius 3 is 1.11 bits per heavy atom. The summed E-state index contributed by atoms with van der Waals surface area (Å²) in [7, 11) is 0. The van der Waals surface area contributed by atoms with E-state index in [2.05, 4.69) is 182 Å². The van der Waals surface area contributed by atoms with Crippen LogP contribution in [-0.2, 0) is 5.41 Å². The molecule has 45 heavy (non-hydrogen) atoms. The van der Waals surface area contributed by atoms with Gasteiger partial charge in [-0.25, -0.2) is 0 Å². The van der Waals surface area contributed by atoms with E-state index in [1.807, 2.05) is 12.2 Å². The van der Waals surface area contributed by atoms with E-state index < -0.39 is 0 Å². The summed E-state index contributed by atoms with van der Waals surface area (Å²) in [5, 5.41) is 0. The smallest absolute Gasteiger partial charge is 0.0465 e. The Morgan fingerprint density at radius 2 is 0.756 bits per heavy atom. The molecule has 0 saturated heterocycles. The summed E-state index contributed by atoms with van der Waals surface area (Å²) in [5.74, 6) is 0. The zero-order valence-corrected chi connectivity index (χ0v) is 25.8. The molecule has 1 aliphatic rings. The Bertz CT molecular complexity index is 1840. The number of hydrogen-bond donors (Lipinski definition) is 0. The Hall–Kier alpha value is -5.60. The maximum absolute atomic E-state index is 3.93. The van der Waals surface area contributed by atoms with Crippen molar-refractivity contribution in [2.75, 3.05) is 9.80 Å². The minimum atomic E-state index is -0.194. The minimum Gasteiger partial charge on any atom is -0.310 e. The summed E-state index contributed by atoms with van der Waals surface area (Å²) in [6.45, 7) is 12.6. The van der Waals surface area contributed by atoms with Crippen LogP contribution in [0.4, 0.5) is 34.1 Å². The number of anilines is 6. The van der Waals surface area contributed by atoms with Crippen LogP contribution in [0.25, 0.3) is 23.3 Å². The predicted octanol–water partition coefficient (Wildman–Crippen LogP) is 12.2. The molecule has 0 amide bonds. The van der Waals surface area contributed by atoms with E-state index in [-0.39, 0.29) is 5.41 Å². The molecule has 0 heterocycles. The Morgan fingerprint density at radius 1 is 0.422 bits per heavy atom. The van der Waals surface area contributed by atoms with Gasteiger partial charge in [0.05, 0.1) is 0 Å². The first kappa shape index (κ1) is 28.2. The third-order valence-electron chi connectivity index (χ3n) is 8.96. The largest absolute Gasteiger partial charge is 0.310 e. The van der Waals surface area contributed by atoms with Crippen molar-refractivity contribution in [2.45, 2.75) is 19.3 Å². The number of fused-ring (bicyclic) bond motifs is 3. The molecule has 218 valence electrons. The lowest BCUT2D eigenvalue weighted by molar-refractivity contribution is 0.660. The average molecular weight is 581 g/mol. The molecule has 2 nitrogen and oxygen atoms in total. The lowest BCUT2D eigenvalue weighted by Gasteiger charge is -2.29. The second-order valence-electron chi connectivity index (χ2n) is 12.0. The van der Waals surface area contributed by atoms with Gasteiger partial charge in [0.15, 0.2) is 0 Å². The van der Waals surface area contributed by atoms with Gasteiger partial charge >= 0.3 is 0 Å². The van der Waals surface area contributed by atoms with Crippen LogP contribution in [-0.4, -0.2) is 0 Å². The monoisotopic (exact) mass is 580 g/mol. The van der Waals surface area contributed by atoms with Gasteiger partial charge in [0, 0.05) is 39.5 Å². The van der Waals surface area contributed by atoms with E-state index in [9.17, 15) is 0 Å². The van der Waals surface area contributed by atoms with Crippen molar-refractivity contribution < 1.29 is 0 Å². The number of para-hydroxylation sites is 2. The lowest BCUT2D eigenvalue weighted by atomic mass is 9.82. The van der Waals surface area contributed by atoms with Crippen LogP contribution in [0.15, 0.2) is 159 Å². The third-order valence-corrected chi connectivity index (χ3v) is 8.96. The van der Waals surface area contributed by atoms with Crippen molar-refractivity contribution in [2.24, 2.45) is 0 Å². The molecule has 0 spiro atoms. The first-order chi connectivity index (χ1) is 22.0. The highest BCUT2D eigenvalue weighted by molar-refractivity contribution is 5.88. The van der Waals surface area contributed by atoms with Crippen LogP contribution < -0.4 is 9.80 Å². The van der Waals surface area contributed by atoms with Crippen LogP contribution in [0.5, 0.6) is 0 Å². The van der Waals surface area contributed by atoms with E-state index in [0.717, 1.165) is 45.3 Å². The zero-order valence-electron chi connectivity index (χ0n) is 25.8. The molecule has 0 atom stereocenters. The SMILES string of the molecule is C=Cc1ccc(N(c2ccccc2)c2ccc3c(c2)C(C)(C)c2cc(N(c4ccccc4)c4ccc(C=C)cc4)ccc2-3)cc1. The fourth-order valence-electron chi connectivity index (χ4n) is 6.56. The molecule has 0 aromatic heterocycles. The number of benzene rings is 6. The van der Waals surface area contributed by atoms with Gasteiger partial charge in [0.1, 0.15) is 0 Å². The molecular weight excluding hydrogens is 544 g/mol. The van der Waals surface area contributed by atoms with Crippen LogP contribution in [0, 0.1) is 0 Å². The second kappa shape index (κ2) is 11.5. The van der Waals surface area contributed by atoms with Crippen molar-refractivity contribution in [1.82, 2.24) is 0 Å². The van der Waals surface area contributed by atoms with Crippen LogP contribution in [0.2, 0.25) is 0 Å². The number of nitrogens with zero attached hydrogens (tertiary/aromatic N) is 2. The topological polar surface area (TPSA) is 6.48 Å². The predicted molar refractivity (Wildman–Crippen MR) is 194 cm³/mol. The molecule has 0 bridgehead atoms. The average Bonchev–Trinajstić information content (AvgIpc) is 3.32. The van der Waals surface area contributed by atoms with Crippen molar-refractivity contribution in [1.29, 1.82) is 0 Å². The fraction of sp³-hybridized carbons (Fsp3) is 0.0698. The minimum absolute atomic E-state index is 0.194. The summed E-state index contributed by atoms with van der Waals surface area (Å²) in [4.78, 5) is 4.67. The molecular formula is C43H36N2. The van der Waals surface area contributed by atoms with Crippen molar-refractivity contribution in [3.8, 4) is 11.1 Å². The van der Waals surface area contributed by atoms with Gasteiger partial charge in [-0.1, -0.05) is 112 Å². The maximum atomic E-state index is 3.93. The highest BCUT2D eigenvalue weighted by Crippen LogP contribution is 2.52. The first-order valence-electron chi connectivity index (χ1n) is 15.4. The van der Waals surface area contributed by atoms with Gasteiger partial charge in [-0.3, -0.25) is 0 Å². The summed E-state index contributed by atoms with van der Waals surface area (Å²) >= 11 is 0. The van der Waals surface area contributed by atoms with Gasteiger partial charge < -0.3 is 9.80 Å². The number of hydrogen-bond acceptors (Lipinski definition) is 2. The molecule has 7 rings (SSSR count). The normalized spacial score (nSPS) is 12.6. The third kappa shape index (κ3) is 5.05. The summed E-state index contributed by atoms with van der Waals surface area (Å²) < 4.78 is 0. The van der Waals surface area contributed by atoms with Gasteiger partial charge in [0.25, 0.3) is 0 Å². The standard InChI is InChI=1S/C43H36N2/c1-5-31-17-21-35(22-18-31)44(33-13-9-7-10-14-33)37-25-27-39-40-28-26-38(30-42(40)43(3,4)41(39)29-37)45(34-15-11-8-12-16-34)36-23-19-32(6-2)20-24-36/h5-30H,1-2H2,3-4H3. The second-order valence-corrected chi connectivity index (χ2v) is 12.0. The molecule has 6 aromatic carbocycles. The quantitative estimate of drug-likeness (QED) is 0.177. The van der Waals surface area contributed by atoms with E-state index in [4.69, 9.17) is 0 Å². The maximum Gasteiger partial charge on any atom is 0.0465 e. The first-order valence-corrected chi connectivity index (χ1v) is 15.4. The van der Waals surface area contributed by atoms with Crippen LogP contribution in [0.1, 0.15) is 36.1 Å². The summed E-state index contributed by atoms with van der Waals surface area (Å²) in [5.41, 5.74) is 14.0. The molecule has 0 fully saturated rings. The Kier molecular flexibility index (Phi) is 7.19. The lowest BCUT2D eigenvalue weighted by Crippen LogP contribution is -2.17. The van der Waals surface area contributed by atoms with Gasteiger partial charge in [-0.2, -0.15) is 0 Å². The Balaban J connectivity index is 1.33. The van der Waals surface area contributed by atoms with Crippen molar-refractivity contribution in [3.05, 3.63) is 181 Å². The molecule has 0 aliphatic heterocycles. The van der Waals surface area contributed by atoms with E-state index >= 15 is 0 Å². The summed E-state index contributed by atoms with van der Waals surface area (Å²) in [6.07, 6.45) is 3.77. The van der Waals surface area contributed by atoms with Crippen molar-refractivity contribution >= 4 is 46.3 Å². The van der Waals surface area contributed by atoms with Crippen LogP contribution in [0.3, 0.4) is 0 Å². The highest BCUT2D eigenvalue weighted by Gasteiger charge is 2.36. The molecule has 2 heteroatoms. The van der Waals surface area contributed by atoms with E-state index in [0.29, 0.717) is 0 Å². The van der Waals surface area contributed by atoms with Gasteiger partial charge in [-0.05, 0) is 106 Å². The van der Waals surface area contributed by atoms with Crippen LogP contribution >= 0.6 is 0 Å². The zero-order chi connectivity index (χ0) is 31.0. The number of rotatable bonds is 8. The van der Waals surface area contributed by atoms with E-state index in [1.165, 1.54) is 22.3 Å². The Labute approximate surface area is 266 Å². The van der Waals surface area contributed by atoms with E-state index in [1.54, 1.807) is 0 Å². The van der Waals surface area contributed by atoms with Gasteiger partial charge in [0.2, 0.25) is 0 Å². The molecule has 1 aliphatic carbocycles. The van der Waals surface area contributed by atoms with Gasteiger partial charge in [-0.15, -0.1) is 0 Å². The summed E-state index contributed by atoms with van der Waals surface area (Å²) in [6, 6.07) is 52.2.